The van der Waals surface area contributed by atoms with E-state index < -0.39 is 0 Å². The molecule has 2 aromatic carbocycles. The largest absolute Gasteiger partial charge is 0.497 e. The summed E-state index contributed by atoms with van der Waals surface area (Å²) in [6.45, 7) is 2.35. The molecule has 1 atom stereocenters. The Hall–Kier alpha value is -3.08. The summed E-state index contributed by atoms with van der Waals surface area (Å²) in [6, 6.07) is 17.4. The molecule has 0 saturated heterocycles. The zero-order valence-corrected chi connectivity index (χ0v) is 15.6. The maximum absolute atomic E-state index is 12.3. The first-order chi connectivity index (χ1) is 13.1. The minimum Gasteiger partial charge on any atom is -0.497 e. The van der Waals surface area contributed by atoms with Crippen LogP contribution in [-0.2, 0) is 17.6 Å². The lowest BCUT2D eigenvalue weighted by molar-refractivity contribution is -0.124. The molecule has 0 aliphatic rings. The third kappa shape index (κ3) is 4.76. The second-order valence-corrected chi connectivity index (χ2v) is 6.71. The van der Waals surface area contributed by atoms with Crippen molar-refractivity contribution in [2.24, 2.45) is 5.92 Å². The number of methoxy groups -OCH3 is 1. The first kappa shape index (κ1) is 18.7. The van der Waals surface area contributed by atoms with Crippen LogP contribution in [0.3, 0.4) is 0 Å². The molecule has 5 heteroatoms. The van der Waals surface area contributed by atoms with E-state index in [9.17, 15) is 9.59 Å². The van der Waals surface area contributed by atoms with Crippen molar-refractivity contribution in [1.29, 1.82) is 0 Å². The molecule has 2 N–H and O–H groups in total. The number of nitrogens with one attached hydrogen (secondary N) is 2. The minimum atomic E-state index is -0.137. The molecule has 0 bridgehead atoms. The topological polar surface area (TPSA) is 71.2 Å². The van der Waals surface area contributed by atoms with Crippen LogP contribution < -0.4 is 15.6 Å². The molecule has 0 radical (unpaired) electrons. The van der Waals surface area contributed by atoms with E-state index >= 15 is 0 Å². The molecule has 5 nitrogen and oxygen atoms in total. The summed E-state index contributed by atoms with van der Waals surface area (Å²) in [5.74, 6) is 0.584. The molecular weight excluding hydrogens is 340 g/mol. The van der Waals surface area contributed by atoms with Crippen LogP contribution in [-0.4, -0.2) is 24.5 Å². The molecule has 1 unspecified atom stereocenters. The molecule has 3 rings (SSSR count). The van der Waals surface area contributed by atoms with Gasteiger partial charge in [0.2, 0.25) is 5.91 Å². The van der Waals surface area contributed by atoms with Crippen LogP contribution in [0.5, 0.6) is 5.75 Å². The first-order valence-corrected chi connectivity index (χ1v) is 9.08. The van der Waals surface area contributed by atoms with E-state index in [2.05, 4.69) is 10.3 Å². The highest BCUT2D eigenvalue weighted by Gasteiger charge is 2.13. The number of ether oxygens (including phenoxy) is 1. The van der Waals surface area contributed by atoms with Crippen LogP contribution in [0.1, 0.15) is 18.1 Å². The van der Waals surface area contributed by atoms with Crippen molar-refractivity contribution < 1.29 is 9.53 Å². The van der Waals surface area contributed by atoms with Gasteiger partial charge < -0.3 is 15.0 Å². The molecule has 0 fully saturated rings. The van der Waals surface area contributed by atoms with Crippen LogP contribution >= 0.6 is 0 Å². The summed E-state index contributed by atoms with van der Waals surface area (Å²) in [4.78, 5) is 27.4. The van der Waals surface area contributed by atoms with Crippen molar-refractivity contribution in [1.82, 2.24) is 10.3 Å². The lowest BCUT2D eigenvalue weighted by Crippen LogP contribution is -2.32. The number of benzene rings is 2. The standard InChI is InChI=1S/C22H24N2O3/c1-15(12-16-6-4-3-5-7-16)21(25)23-11-10-18-13-17-8-9-19(27-2)14-20(17)24-22(18)26/h3-9,13-15H,10-12H2,1-2H3,(H,23,25)(H,24,26). The number of hydrogen-bond donors (Lipinski definition) is 2. The Balaban J connectivity index is 1.59. The molecule has 1 aromatic heterocycles. The maximum atomic E-state index is 12.3. The molecule has 140 valence electrons. The van der Waals surface area contributed by atoms with Gasteiger partial charge in [-0.05, 0) is 42.0 Å². The van der Waals surface area contributed by atoms with Crippen molar-refractivity contribution in [2.45, 2.75) is 19.8 Å². The van der Waals surface area contributed by atoms with Gasteiger partial charge in [0.25, 0.3) is 5.56 Å². The number of rotatable bonds is 7. The number of fused-ring (bicyclic) bond motifs is 1. The van der Waals surface area contributed by atoms with Gasteiger partial charge in [-0.1, -0.05) is 37.3 Å². The summed E-state index contributed by atoms with van der Waals surface area (Å²) in [5, 5.41) is 3.87. The fraction of sp³-hybridized carbons (Fsp3) is 0.273. The quantitative estimate of drug-likeness (QED) is 0.677. The summed E-state index contributed by atoms with van der Waals surface area (Å²) in [6.07, 6.45) is 1.19. The van der Waals surface area contributed by atoms with Crippen LogP contribution in [0.4, 0.5) is 0 Å². The van der Waals surface area contributed by atoms with Gasteiger partial charge in [-0.3, -0.25) is 9.59 Å². The lowest BCUT2D eigenvalue weighted by atomic mass is 10.0. The van der Waals surface area contributed by atoms with Crippen molar-refractivity contribution >= 4 is 16.8 Å². The van der Waals surface area contributed by atoms with Crippen molar-refractivity contribution in [3.63, 3.8) is 0 Å². The SMILES string of the molecule is COc1ccc2cc(CCNC(=O)C(C)Cc3ccccc3)c(=O)[nH]c2c1. The van der Waals surface area contributed by atoms with Gasteiger partial charge >= 0.3 is 0 Å². The molecule has 3 aromatic rings. The first-order valence-electron chi connectivity index (χ1n) is 9.08. The van der Waals surface area contributed by atoms with Gasteiger partial charge in [-0.25, -0.2) is 0 Å². The van der Waals surface area contributed by atoms with Crippen LogP contribution in [0.25, 0.3) is 10.9 Å². The van der Waals surface area contributed by atoms with E-state index in [1.54, 1.807) is 13.2 Å². The molecule has 0 aliphatic carbocycles. The van der Waals surface area contributed by atoms with Gasteiger partial charge in [0.1, 0.15) is 5.75 Å². The number of H-pyrrole nitrogens is 1. The Morgan fingerprint density at radius 3 is 2.67 bits per heavy atom. The van der Waals surface area contributed by atoms with Gasteiger partial charge in [-0.2, -0.15) is 0 Å². The Morgan fingerprint density at radius 1 is 1.15 bits per heavy atom. The highest BCUT2D eigenvalue weighted by atomic mass is 16.5. The lowest BCUT2D eigenvalue weighted by Gasteiger charge is -2.12. The molecule has 0 saturated carbocycles. The predicted molar refractivity (Wildman–Crippen MR) is 107 cm³/mol. The maximum Gasteiger partial charge on any atom is 0.251 e. The van der Waals surface area contributed by atoms with E-state index in [-0.39, 0.29) is 17.4 Å². The van der Waals surface area contributed by atoms with E-state index in [4.69, 9.17) is 4.74 Å². The molecule has 1 heterocycles. The van der Waals surface area contributed by atoms with Gasteiger partial charge in [0, 0.05) is 24.1 Å². The highest BCUT2D eigenvalue weighted by molar-refractivity contribution is 5.80. The van der Waals surface area contributed by atoms with Crippen molar-refractivity contribution in [3.8, 4) is 5.75 Å². The van der Waals surface area contributed by atoms with Crippen molar-refractivity contribution in [3.05, 3.63) is 76.1 Å². The Morgan fingerprint density at radius 2 is 1.93 bits per heavy atom. The number of carbonyl (C=O) groups excluding carboxylic acids is 1. The molecule has 0 aliphatic heterocycles. The molecule has 0 spiro atoms. The second-order valence-electron chi connectivity index (χ2n) is 6.71. The minimum absolute atomic E-state index is 0.000747. The van der Waals surface area contributed by atoms with E-state index in [1.165, 1.54) is 0 Å². The van der Waals surface area contributed by atoms with Gasteiger partial charge in [-0.15, -0.1) is 0 Å². The number of pyridine rings is 1. The van der Waals surface area contributed by atoms with E-state index in [0.717, 1.165) is 16.5 Å². The second kappa shape index (κ2) is 8.54. The van der Waals surface area contributed by atoms with Crippen LogP contribution in [0.2, 0.25) is 0 Å². The fourth-order valence-corrected chi connectivity index (χ4v) is 3.09. The Kier molecular flexibility index (Phi) is 5.91. The Labute approximate surface area is 158 Å². The van der Waals surface area contributed by atoms with Crippen LogP contribution in [0.15, 0.2) is 59.4 Å². The number of aromatic amines is 1. The van der Waals surface area contributed by atoms with E-state index in [1.807, 2.05) is 55.5 Å². The monoisotopic (exact) mass is 364 g/mol. The number of carbonyl (C=O) groups is 1. The number of aromatic nitrogens is 1. The molecule has 1 amide bonds. The van der Waals surface area contributed by atoms with E-state index in [0.29, 0.717) is 30.7 Å². The van der Waals surface area contributed by atoms with Crippen molar-refractivity contribution in [2.75, 3.05) is 13.7 Å². The third-order valence-electron chi connectivity index (χ3n) is 4.66. The summed E-state index contributed by atoms with van der Waals surface area (Å²) in [7, 11) is 1.59. The third-order valence-corrected chi connectivity index (χ3v) is 4.66. The summed E-state index contributed by atoms with van der Waals surface area (Å²) in [5.41, 5.74) is 2.40. The normalized spacial score (nSPS) is 11.9. The zero-order valence-electron chi connectivity index (χ0n) is 15.6. The zero-order chi connectivity index (χ0) is 19.2. The smallest absolute Gasteiger partial charge is 0.251 e. The van der Waals surface area contributed by atoms with Gasteiger partial charge in [0.15, 0.2) is 0 Å². The summed E-state index contributed by atoms with van der Waals surface area (Å²) < 4.78 is 5.18. The molecule has 27 heavy (non-hydrogen) atoms. The summed E-state index contributed by atoms with van der Waals surface area (Å²) >= 11 is 0. The average molecular weight is 364 g/mol. The Bertz CT molecular complexity index is 980. The highest BCUT2D eigenvalue weighted by Crippen LogP contribution is 2.18. The average Bonchev–Trinajstić information content (AvgIpc) is 2.68. The fourth-order valence-electron chi connectivity index (χ4n) is 3.09. The predicted octanol–water partition coefficient (Wildman–Crippen LogP) is 3.07. The molecular formula is C22H24N2O3. The number of hydrogen-bond acceptors (Lipinski definition) is 3. The van der Waals surface area contributed by atoms with Gasteiger partial charge in [0.05, 0.1) is 12.6 Å². The number of amides is 1. The van der Waals surface area contributed by atoms with Crippen LogP contribution in [0, 0.1) is 5.92 Å².